The molecule has 2 aromatic rings. The van der Waals surface area contributed by atoms with Crippen molar-refractivity contribution in [3.05, 3.63) is 46.2 Å². The fourth-order valence-electron chi connectivity index (χ4n) is 1.96. The minimum absolute atomic E-state index is 0.376. The lowest BCUT2D eigenvalue weighted by Gasteiger charge is -2.20. The number of aryl methyl sites for hydroxylation is 1. The summed E-state index contributed by atoms with van der Waals surface area (Å²) in [5.74, 6) is 0. The first-order chi connectivity index (χ1) is 9.46. The fraction of sp³-hybridized carbons (Fsp3) is 0.286. The molecule has 0 aliphatic rings. The normalized spacial score (nSPS) is 11.6. The number of nitrogens with zero attached hydrogens (tertiary/aromatic N) is 1. The van der Waals surface area contributed by atoms with Gasteiger partial charge in [-0.15, -0.1) is 11.3 Å². The van der Waals surface area contributed by atoms with Gasteiger partial charge in [-0.3, -0.25) is 4.31 Å². The average molecular weight is 310 g/mol. The van der Waals surface area contributed by atoms with Crippen molar-refractivity contribution in [3.63, 3.8) is 0 Å². The number of hydrogen-bond acceptors (Lipinski definition) is 4. The van der Waals surface area contributed by atoms with E-state index in [-0.39, 0.29) is 0 Å². The Morgan fingerprint density at radius 2 is 2.05 bits per heavy atom. The van der Waals surface area contributed by atoms with Crippen molar-refractivity contribution in [3.8, 4) is 0 Å². The van der Waals surface area contributed by atoms with Crippen LogP contribution >= 0.6 is 11.3 Å². The minimum atomic E-state index is -3.51. The highest BCUT2D eigenvalue weighted by atomic mass is 32.2. The number of hydrogen-bond donors (Lipinski definition) is 1. The Morgan fingerprint density at radius 3 is 2.70 bits per heavy atom. The van der Waals surface area contributed by atoms with Gasteiger partial charge >= 0.3 is 0 Å². The molecule has 6 heteroatoms. The van der Waals surface area contributed by atoms with E-state index in [2.05, 4.69) is 5.32 Å². The van der Waals surface area contributed by atoms with Crippen LogP contribution in [0.2, 0.25) is 0 Å². The predicted octanol–water partition coefficient (Wildman–Crippen LogP) is 2.60. The van der Waals surface area contributed by atoms with Crippen molar-refractivity contribution in [1.29, 1.82) is 0 Å². The Labute approximate surface area is 124 Å². The highest BCUT2D eigenvalue weighted by molar-refractivity contribution is 7.93. The number of sulfonamides is 1. The summed E-state index contributed by atoms with van der Waals surface area (Å²) in [5, 5.41) is 4.81. The Kier molecular flexibility index (Phi) is 4.47. The Balaban J connectivity index is 2.41. The maximum Gasteiger partial charge on any atom is 0.265 e. The van der Waals surface area contributed by atoms with E-state index in [0.29, 0.717) is 17.1 Å². The Hall–Kier alpha value is -1.37. The van der Waals surface area contributed by atoms with Crippen LogP contribution in [0.3, 0.4) is 0 Å². The summed E-state index contributed by atoms with van der Waals surface area (Å²) in [6.07, 6.45) is 0. The minimum Gasteiger partial charge on any atom is -0.315 e. The Bertz CT molecular complexity index is 693. The predicted molar refractivity (Wildman–Crippen MR) is 83.9 cm³/mol. The fourth-order valence-corrected chi connectivity index (χ4v) is 4.57. The lowest BCUT2D eigenvalue weighted by Crippen LogP contribution is -2.27. The molecule has 0 spiro atoms. The van der Waals surface area contributed by atoms with E-state index < -0.39 is 10.0 Å². The zero-order valence-electron chi connectivity index (χ0n) is 11.8. The molecule has 0 bridgehead atoms. The van der Waals surface area contributed by atoms with Crippen molar-refractivity contribution >= 4 is 27.0 Å². The van der Waals surface area contributed by atoms with E-state index in [9.17, 15) is 8.42 Å². The van der Waals surface area contributed by atoms with Crippen LogP contribution in [0.5, 0.6) is 0 Å². The maximum atomic E-state index is 12.7. The van der Waals surface area contributed by atoms with Gasteiger partial charge in [-0.25, -0.2) is 8.42 Å². The van der Waals surface area contributed by atoms with Crippen molar-refractivity contribution in [1.82, 2.24) is 5.32 Å². The summed E-state index contributed by atoms with van der Waals surface area (Å²) in [7, 11) is -0.120. The molecule has 0 amide bonds. The second-order valence-corrected chi connectivity index (χ2v) is 7.49. The van der Waals surface area contributed by atoms with Crippen LogP contribution in [0, 0.1) is 6.92 Å². The van der Waals surface area contributed by atoms with E-state index in [0.717, 1.165) is 10.4 Å². The highest BCUT2D eigenvalue weighted by Crippen LogP contribution is 2.28. The number of rotatable bonds is 5. The molecule has 20 heavy (non-hydrogen) atoms. The second-order valence-electron chi connectivity index (χ2n) is 4.55. The van der Waals surface area contributed by atoms with Gasteiger partial charge in [0.15, 0.2) is 0 Å². The molecule has 0 atom stereocenters. The summed E-state index contributed by atoms with van der Waals surface area (Å²) in [5.41, 5.74) is 1.71. The molecule has 2 rings (SSSR count). The number of benzene rings is 1. The molecule has 108 valence electrons. The van der Waals surface area contributed by atoms with E-state index in [1.54, 1.807) is 26.2 Å². The summed E-state index contributed by atoms with van der Waals surface area (Å²) in [6.45, 7) is 2.49. The smallest absolute Gasteiger partial charge is 0.265 e. The molecule has 0 radical (unpaired) electrons. The third kappa shape index (κ3) is 2.87. The van der Waals surface area contributed by atoms with Gasteiger partial charge in [0.25, 0.3) is 10.0 Å². The van der Waals surface area contributed by atoms with E-state index in [1.807, 2.05) is 30.5 Å². The van der Waals surface area contributed by atoms with Crippen LogP contribution in [0.4, 0.5) is 5.69 Å². The van der Waals surface area contributed by atoms with Gasteiger partial charge in [-0.2, -0.15) is 0 Å². The number of thiophene rings is 1. The van der Waals surface area contributed by atoms with Gasteiger partial charge in [0.2, 0.25) is 0 Å². The highest BCUT2D eigenvalue weighted by Gasteiger charge is 2.25. The summed E-state index contributed by atoms with van der Waals surface area (Å²) in [4.78, 5) is 1.20. The monoisotopic (exact) mass is 310 g/mol. The lowest BCUT2D eigenvalue weighted by atomic mass is 10.2. The molecule has 0 unspecified atom stereocenters. The summed E-state index contributed by atoms with van der Waals surface area (Å²) >= 11 is 1.45. The molecule has 4 nitrogen and oxygen atoms in total. The van der Waals surface area contributed by atoms with E-state index >= 15 is 0 Å². The molecule has 0 fully saturated rings. The van der Waals surface area contributed by atoms with Crippen molar-refractivity contribution < 1.29 is 8.42 Å². The van der Waals surface area contributed by atoms with Crippen molar-refractivity contribution in [2.75, 3.05) is 18.4 Å². The number of anilines is 1. The zero-order valence-corrected chi connectivity index (χ0v) is 13.4. The largest absolute Gasteiger partial charge is 0.315 e. The third-order valence-electron chi connectivity index (χ3n) is 3.05. The molecule has 0 saturated heterocycles. The first-order valence-electron chi connectivity index (χ1n) is 6.23. The van der Waals surface area contributed by atoms with Crippen molar-refractivity contribution in [2.24, 2.45) is 0 Å². The molecular formula is C14H18N2O2S2. The van der Waals surface area contributed by atoms with Crippen LogP contribution in [-0.4, -0.2) is 22.5 Å². The molecule has 0 saturated carbocycles. The maximum absolute atomic E-state index is 12.7. The standard InChI is InChI=1S/C14H18N2O2S2/c1-11-5-4-6-12(9-11)16(3)20(17,18)14-7-8-19-13(14)10-15-2/h4-9,15H,10H2,1-3H3. The molecule has 0 aliphatic heterocycles. The van der Waals surface area contributed by atoms with Crippen LogP contribution in [0.1, 0.15) is 10.4 Å². The first kappa shape index (κ1) is 15.0. The molecule has 0 aliphatic carbocycles. The van der Waals surface area contributed by atoms with Gasteiger partial charge in [0.05, 0.1) is 5.69 Å². The van der Waals surface area contributed by atoms with Gasteiger partial charge in [-0.1, -0.05) is 12.1 Å². The van der Waals surface area contributed by atoms with E-state index in [4.69, 9.17) is 0 Å². The topological polar surface area (TPSA) is 49.4 Å². The van der Waals surface area contributed by atoms with Gasteiger partial charge in [0, 0.05) is 18.5 Å². The van der Waals surface area contributed by atoms with Crippen molar-refractivity contribution in [2.45, 2.75) is 18.4 Å². The molecule has 1 aromatic carbocycles. The van der Waals surface area contributed by atoms with Gasteiger partial charge in [0.1, 0.15) is 4.90 Å². The van der Waals surface area contributed by atoms with E-state index in [1.165, 1.54) is 15.6 Å². The van der Waals surface area contributed by atoms with Gasteiger partial charge < -0.3 is 5.32 Å². The van der Waals surface area contributed by atoms with Crippen LogP contribution in [0.15, 0.2) is 40.6 Å². The zero-order chi connectivity index (χ0) is 14.8. The van der Waals surface area contributed by atoms with Crippen LogP contribution in [-0.2, 0) is 16.6 Å². The average Bonchev–Trinajstić information content (AvgIpc) is 2.87. The second kappa shape index (κ2) is 5.95. The molecule has 1 aromatic heterocycles. The SMILES string of the molecule is CNCc1sccc1S(=O)(=O)N(C)c1cccc(C)c1. The quantitative estimate of drug-likeness (QED) is 0.923. The molecule has 1 heterocycles. The number of nitrogens with one attached hydrogen (secondary N) is 1. The summed E-state index contributed by atoms with van der Waals surface area (Å²) in [6, 6.07) is 9.13. The molecular weight excluding hydrogens is 292 g/mol. The third-order valence-corrected chi connectivity index (χ3v) is 5.97. The summed E-state index contributed by atoms with van der Waals surface area (Å²) < 4.78 is 26.7. The Morgan fingerprint density at radius 1 is 1.30 bits per heavy atom. The molecule has 1 N–H and O–H groups in total. The first-order valence-corrected chi connectivity index (χ1v) is 8.55. The van der Waals surface area contributed by atoms with Crippen LogP contribution in [0.25, 0.3) is 0 Å². The van der Waals surface area contributed by atoms with Gasteiger partial charge in [-0.05, 0) is 43.1 Å². The lowest BCUT2D eigenvalue weighted by molar-refractivity contribution is 0.593. The van der Waals surface area contributed by atoms with Crippen LogP contribution < -0.4 is 9.62 Å².